The zero-order valence-corrected chi connectivity index (χ0v) is 11.6. The van der Waals surface area contributed by atoms with E-state index in [4.69, 9.17) is 0 Å². The summed E-state index contributed by atoms with van der Waals surface area (Å²) in [6, 6.07) is 3.55. The molecule has 2 aromatic rings. The van der Waals surface area contributed by atoms with Crippen LogP contribution in [0.1, 0.15) is 28.8 Å². The van der Waals surface area contributed by atoms with Crippen molar-refractivity contribution >= 4 is 11.6 Å². The Bertz CT molecular complexity index is 582. The Kier molecular flexibility index (Phi) is 4.60. The van der Waals surface area contributed by atoms with Gasteiger partial charge in [-0.15, -0.1) is 0 Å². The van der Waals surface area contributed by atoms with Gasteiger partial charge in [0.15, 0.2) is 0 Å². The molecule has 2 heterocycles. The molecule has 0 atom stereocenters. The van der Waals surface area contributed by atoms with E-state index in [1.54, 1.807) is 24.7 Å². The van der Waals surface area contributed by atoms with E-state index >= 15 is 0 Å². The van der Waals surface area contributed by atoms with Gasteiger partial charge in [0.05, 0.1) is 24.1 Å². The van der Waals surface area contributed by atoms with Crippen LogP contribution in [0.5, 0.6) is 0 Å². The zero-order chi connectivity index (χ0) is 14.4. The van der Waals surface area contributed by atoms with E-state index in [-0.39, 0.29) is 5.91 Å². The average molecular weight is 271 g/mol. The monoisotopic (exact) mass is 271 g/mol. The molecule has 0 aliphatic heterocycles. The quantitative estimate of drug-likeness (QED) is 0.862. The van der Waals surface area contributed by atoms with Crippen LogP contribution in [0.2, 0.25) is 0 Å². The Morgan fingerprint density at radius 3 is 2.80 bits per heavy atom. The Hall–Kier alpha value is -2.50. The number of carbonyl (C=O) groups is 1. The molecular weight excluding hydrogens is 254 g/mol. The highest BCUT2D eigenvalue weighted by Gasteiger charge is 2.08. The first-order valence-electron chi connectivity index (χ1n) is 6.44. The van der Waals surface area contributed by atoms with Crippen molar-refractivity contribution in [2.75, 3.05) is 11.9 Å². The molecule has 2 N–H and O–H groups in total. The van der Waals surface area contributed by atoms with Gasteiger partial charge < -0.3 is 10.6 Å². The number of nitrogens with one attached hydrogen (secondary N) is 2. The van der Waals surface area contributed by atoms with E-state index in [0.717, 1.165) is 17.9 Å². The van der Waals surface area contributed by atoms with Gasteiger partial charge in [-0.25, -0.2) is 0 Å². The van der Waals surface area contributed by atoms with Crippen molar-refractivity contribution in [1.29, 1.82) is 0 Å². The van der Waals surface area contributed by atoms with E-state index in [9.17, 15) is 4.79 Å². The topological polar surface area (TPSA) is 79.8 Å². The Morgan fingerprint density at radius 1 is 1.25 bits per heavy atom. The molecule has 6 nitrogen and oxygen atoms in total. The second kappa shape index (κ2) is 6.60. The summed E-state index contributed by atoms with van der Waals surface area (Å²) in [5, 5.41) is 5.91. The van der Waals surface area contributed by atoms with Crippen LogP contribution in [0, 0.1) is 6.92 Å². The Labute approximate surface area is 117 Å². The molecule has 0 unspecified atom stereocenters. The third kappa shape index (κ3) is 3.74. The number of hydrogen-bond acceptors (Lipinski definition) is 5. The zero-order valence-electron chi connectivity index (χ0n) is 11.6. The number of aryl methyl sites for hydroxylation is 1. The minimum atomic E-state index is -0.230. The van der Waals surface area contributed by atoms with Crippen LogP contribution in [0.4, 0.5) is 5.69 Å². The van der Waals surface area contributed by atoms with Crippen LogP contribution in [-0.4, -0.2) is 27.4 Å². The minimum Gasteiger partial charge on any atom is -0.385 e. The molecule has 2 aromatic heterocycles. The molecule has 0 aliphatic rings. The summed E-state index contributed by atoms with van der Waals surface area (Å²) in [4.78, 5) is 24.4. The first-order valence-corrected chi connectivity index (χ1v) is 6.44. The molecule has 6 heteroatoms. The number of aromatic nitrogens is 3. The van der Waals surface area contributed by atoms with Crippen molar-refractivity contribution in [2.24, 2.45) is 0 Å². The van der Waals surface area contributed by atoms with E-state index < -0.39 is 0 Å². The average Bonchev–Trinajstić information content (AvgIpc) is 2.47. The van der Waals surface area contributed by atoms with Crippen molar-refractivity contribution in [3.8, 4) is 0 Å². The highest BCUT2D eigenvalue weighted by molar-refractivity contribution is 5.93. The second-order valence-corrected chi connectivity index (χ2v) is 4.29. The number of amides is 1. The third-order valence-electron chi connectivity index (χ3n) is 2.64. The van der Waals surface area contributed by atoms with Crippen molar-refractivity contribution in [3.05, 3.63) is 47.8 Å². The summed E-state index contributed by atoms with van der Waals surface area (Å²) in [5.74, 6) is -0.230. The fraction of sp³-hybridized carbons (Fsp3) is 0.286. The molecule has 0 saturated carbocycles. The van der Waals surface area contributed by atoms with Crippen molar-refractivity contribution < 1.29 is 4.79 Å². The van der Waals surface area contributed by atoms with E-state index in [1.807, 2.05) is 19.9 Å². The summed E-state index contributed by atoms with van der Waals surface area (Å²) in [6.45, 7) is 4.99. The van der Waals surface area contributed by atoms with Crippen LogP contribution >= 0.6 is 0 Å². The predicted molar refractivity (Wildman–Crippen MR) is 76.3 cm³/mol. The normalized spacial score (nSPS) is 10.1. The van der Waals surface area contributed by atoms with E-state index in [0.29, 0.717) is 17.9 Å². The predicted octanol–water partition coefficient (Wildman–Crippen LogP) is 1.54. The summed E-state index contributed by atoms with van der Waals surface area (Å²) >= 11 is 0. The lowest BCUT2D eigenvalue weighted by atomic mass is 10.3. The Balaban J connectivity index is 1.97. The Morgan fingerprint density at radius 2 is 2.10 bits per heavy atom. The summed E-state index contributed by atoms with van der Waals surface area (Å²) in [5.41, 5.74) is 2.82. The molecule has 0 saturated heterocycles. The van der Waals surface area contributed by atoms with Crippen molar-refractivity contribution in [1.82, 2.24) is 20.3 Å². The first kappa shape index (κ1) is 13.9. The lowest BCUT2D eigenvalue weighted by Gasteiger charge is -2.06. The van der Waals surface area contributed by atoms with Gasteiger partial charge in [-0.1, -0.05) is 0 Å². The lowest BCUT2D eigenvalue weighted by molar-refractivity contribution is 0.0945. The fourth-order valence-corrected chi connectivity index (χ4v) is 1.64. The molecule has 1 amide bonds. The maximum absolute atomic E-state index is 12.0. The highest BCUT2D eigenvalue weighted by atomic mass is 16.1. The van der Waals surface area contributed by atoms with Crippen LogP contribution in [-0.2, 0) is 6.54 Å². The molecular formula is C14H17N5O. The van der Waals surface area contributed by atoms with Gasteiger partial charge in [-0.2, -0.15) is 0 Å². The van der Waals surface area contributed by atoms with E-state index in [1.165, 1.54) is 0 Å². The number of nitrogens with zero attached hydrogens (tertiary/aromatic N) is 3. The summed E-state index contributed by atoms with van der Waals surface area (Å²) in [7, 11) is 0. The molecule has 0 spiro atoms. The number of anilines is 1. The van der Waals surface area contributed by atoms with Crippen LogP contribution in [0.3, 0.4) is 0 Å². The number of rotatable bonds is 5. The smallest absolute Gasteiger partial charge is 0.270 e. The van der Waals surface area contributed by atoms with Gasteiger partial charge in [0.1, 0.15) is 5.69 Å². The lowest BCUT2D eigenvalue weighted by Crippen LogP contribution is -2.24. The first-order chi connectivity index (χ1) is 9.69. The van der Waals surface area contributed by atoms with Crippen LogP contribution < -0.4 is 10.6 Å². The van der Waals surface area contributed by atoms with Crippen molar-refractivity contribution in [2.45, 2.75) is 20.4 Å². The van der Waals surface area contributed by atoms with Gasteiger partial charge in [-0.3, -0.25) is 19.7 Å². The number of pyridine rings is 1. The molecule has 0 fully saturated rings. The molecule has 20 heavy (non-hydrogen) atoms. The number of carbonyl (C=O) groups excluding carboxylic acids is 1. The molecule has 0 aliphatic carbocycles. The molecule has 0 aromatic carbocycles. The maximum atomic E-state index is 12.0. The van der Waals surface area contributed by atoms with Crippen LogP contribution in [0.15, 0.2) is 30.7 Å². The molecule has 0 radical (unpaired) electrons. The van der Waals surface area contributed by atoms with Gasteiger partial charge in [0.25, 0.3) is 5.91 Å². The molecule has 104 valence electrons. The van der Waals surface area contributed by atoms with E-state index in [2.05, 4.69) is 25.6 Å². The van der Waals surface area contributed by atoms with Gasteiger partial charge in [0.2, 0.25) is 0 Å². The van der Waals surface area contributed by atoms with Gasteiger partial charge >= 0.3 is 0 Å². The third-order valence-corrected chi connectivity index (χ3v) is 2.64. The van der Waals surface area contributed by atoms with Gasteiger partial charge in [0, 0.05) is 24.6 Å². The molecule has 2 rings (SSSR count). The SMILES string of the molecule is CCNc1ccnc(C(=O)NCc2cnc(C)cn2)c1. The van der Waals surface area contributed by atoms with Crippen LogP contribution in [0.25, 0.3) is 0 Å². The summed E-state index contributed by atoms with van der Waals surface area (Å²) < 4.78 is 0. The molecule has 0 bridgehead atoms. The minimum absolute atomic E-state index is 0.230. The summed E-state index contributed by atoms with van der Waals surface area (Å²) in [6.07, 6.45) is 4.93. The fourth-order valence-electron chi connectivity index (χ4n) is 1.64. The highest BCUT2D eigenvalue weighted by Crippen LogP contribution is 2.07. The second-order valence-electron chi connectivity index (χ2n) is 4.29. The van der Waals surface area contributed by atoms with Crippen molar-refractivity contribution in [3.63, 3.8) is 0 Å². The maximum Gasteiger partial charge on any atom is 0.270 e. The largest absolute Gasteiger partial charge is 0.385 e. The standard InChI is InChI=1S/C14H17N5O/c1-3-15-11-4-5-16-13(6-11)14(20)19-9-12-8-17-10(2)7-18-12/h4-8H,3,9H2,1-2H3,(H,15,16)(H,19,20). The van der Waals surface area contributed by atoms with Gasteiger partial charge in [-0.05, 0) is 26.0 Å². The number of hydrogen-bond donors (Lipinski definition) is 2.